The molecule has 1 atom stereocenters. The second-order valence-electron chi connectivity index (χ2n) is 8.10. The summed E-state index contributed by atoms with van der Waals surface area (Å²) >= 11 is 0. The maximum atomic E-state index is 13.2. The zero-order valence-corrected chi connectivity index (χ0v) is 17.1. The standard InChI is InChI=1S/C22H31N3O4/c26-21-7-6-19(17-24(21)9-3-8-23-10-13-28-14-11-23)22(27)25-12-15-29-20-5-2-1-4-18(20)16-25/h1-2,4-5,19H,3,6-17H2/t19-/m1/s1. The first-order chi connectivity index (χ1) is 14.2. The molecular formula is C22H31N3O4. The minimum atomic E-state index is -0.110. The first-order valence-electron chi connectivity index (χ1n) is 10.8. The van der Waals surface area contributed by atoms with Crippen LogP contribution < -0.4 is 4.74 Å². The van der Waals surface area contributed by atoms with Crippen molar-refractivity contribution >= 4 is 11.8 Å². The van der Waals surface area contributed by atoms with Gasteiger partial charge in [0.05, 0.1) is 25.7 Å². The Morgan fingerprint density at radius 2 is 1.90 bits per heavy atom. The number of fused-ring (bicyclic) bond motifs is 1. The van der Waals surface area contributed by atoms with E-state index in [2.05, 4.69) is 4.90 Å². The number of likely N-dealkylation sites (tertiary alicyclic amines) is 1. The second kappa shape index (κ2) is 9.59. The molecule has 0 saturated carbocycles. The Balaban J connectivity index is 1.31. The summed E-state index contributed by atoms with van der Waals surface area (Å²) < 4.78 is 11.2. The van der Waals surface area contributed by atoms with Gasteiger partial charge in [0, 0.05) is 51.3 Å². The Kier molecular flexibility index (Phi) is 6.67. The summed E-state index contributed by atoms with van der Waals surface area (Å²) in [6.45, 7) is 7.45. The van der Waals surface area contributed by atoms with Crippen LogP contribution in [-0.2, 0) is 20.9 Å². The number of morpholine rings is 1. The van der Waals surface area contributed by atoms with Gasteiger partial charge in [-0.1, -0.05) is 18.2 Å². The van der Waals surface area contributed by atoms with Crippen molar-refractivity contribution in [1.29, 1.82) is 0 Å². The molecular weight excluding hydrogens is 370 g/mol. The molecule has 0 unspecified atom stereocenters. The number of benzene rings is 1. The summed E-state index contributed by atoms with van der Waals surface area (Å²) in [5.41, 5.74) is 1.05. The lowest BCUT2D eigenvalue weighted by molar-refractivity contribution is -0.143. The van der Waals surface area contributed by atoms with E-state index in [1.165, 1.54) is 0 Å². The van der Waals surface area contributed by atoms with E-state index >= 15 is 0 Å². The van der Waals surface area contributed by atoms with Gasteiger partial charge in [0.1, 0.15) is 12.4 Å². The minimum Gasteiger partial charge on any atom is -0.491 e. The van der Waals surface area contributed by atoms with Crippen molar-refractivity contribution in [1.82, 2.24) is 14.7 Å². The summed E-state index contributed by atoms with van der Waals surface area (Å²) in [5, 5.41) is 0. The molecule has 0 radical (unpaired) electrons. The third-order valence-electron chi connectivity index (χ3n) is 6.12. The summed E-state index contributed by atoms with van der Waals surface area (Å²) in [6, 6.07) is 7.91. The molecule has 3 aliphatic rings. The minimum absolute atomic E-state index is 0.110. The Labute approximate surface area is 172 Å². The molecule has 0 aromatic heterocycles. The van der Waals surface area contributed by atoms with Crippen molar-refractivity contribution in [3.8, 4) is 5.75 Å². The molecule has 7 heteroatoms. The van der Waals surface area contributed by atoms with Crippen LogP contribution in [0.5, 0.6) is 5.75 Å². The molecule has 2 saturated heterocycles. The van der Waals surface area contributed by atoms with Crippen LogP contribution in [0, 0.1) is 5.92 Å². The van der Waals surface area contributed by atoms with Crippen LogP contribution in [0.15, 0.2) is 24.3 Å². The van der Waals surface area contributed by atoms with Crippen molar-refractivity contribution in [3.63, 3.8) is 0 Å². The lowest BCUT2D eigenvalue weighted by Gasteiger charge is -2.35. The van der Waals surface area contributed by atoms with E-state index in [1.54, 1.807) is 0 Å². The topological polar surface area (TPSA) is 62.3 Å². The molecule has 1 aromatic carbocycles. The predicted molar refractivity (Wildman–Crippen MR) is 109 cm³/mol. The monoisotopic (exact) mass is 401 g/mol. The van der Waals surface area contributed by atoms with Gasteiger partial charge in [-0.2, -0.15) is 0 Å². The molecule has 0 aliphatic carbocycles. The van der Waals surface area contributed by atoms with Crippen LogP contribution >= 0.6 is 0 Å². The lowest BCUT2D eigenvalue weighted by atomic mass is 9.95. The van der Waals surface area contributed by atoms with Crippen LogP contribution in [0.4, 0.5) is 0 Å². The van der Waals surface area contributed by atoms with Crippen LogP contribution in [-0.4, -0.2) is 85.6 Å². The van der Waals surface area contributed by atoms with Crippen LogP contribution in [0.2, 0.25) is 0 Å². The summed E-state index contributed by atoms with van der Waals surface area (Å²) in [7, 11) is 0. The highest BCUT2D eigenvalue weighted by atomic mass is 16.5. The van der Waals surface area contributed by atoms with E-state index in [1.807, 2.05) is 34.1 Å². The van der Waals surface area contributed by atoms with Crippen molar-refractivity contribution in [2.75, 3.05) is 59.1 Å². The van der Waals surface area contributed by atoms with Gasteiger partial charge in [0.25, 0.3) is 0 Å². The predicted octanol–water partition coefficient (Wildman–Crippen LogP) is 1.37. The summed E-state index contributed by atoms with van der Waals surface area (Å²) in [5.74, 6) is 1.09. The lowest BCUT2D eigenvalue weighted by Crippen LogP contribution is -2.48. The largest absolute Gasteiger partial charge is 0.491 e. The maximum absolute atomic E-state index is 13.2. The van der Waals surface area contributed by atoms with Gasteiger partial charge in [-0.3, -0.25) is 14.5 Å². The third-order valence-corrected chi connectivity index (χ3v) is 6.12. The number of rotatable bonds is 5. The smallest absolute Gasteiger partial charge is 0.227 e. The fraction of sp³-hybridized carbons (Fsp3) is 0.636. The third kappa shape index (κ3) is 5.08. The van der Waals surface area contributed by atoms with Gasteiger partial charge in [0.2, 0.25) is 11.8 Å². The molecule has 0 N–H and O–H groups in total. The Morgan fingerprint density at radius 3 is 2.76 bits per heavy atom. The van der Waals surface area contributed by atoms with Crippen LogP contribution in [0.3, 0.4) is 0 Å². The van der Waals surface area contributed by atoms with Crippen LogP contribution in [0.1, 0.15) is 24.8 Å². The fourth-order valence-corrected chi connectivity index (χ4v) is 4.41. The van der Waals surface area contributed by atoms with Gasteiger partial charge >= 0.3 is 0 Å². The van der Waals surface area contributed by atoms with Crippen molar-refractivity contribution in [2.24, 2.45) is 5.92 Å². The molecule has 0 bridgehead atoms. The van der Waals surface area contributed by atoms with E-state index in [0.717, 1.165) is 57.1 Å². The summed E-state index contributed by atoms with van der Waals surface area (Å²) in [4.78, 5) is 31.8. The number of amides is 2. The number of piperidine rings is 1. The molecule has 2 fully saturated rings. The number of hydrogen-bond acceptors (Lipinski definition) is 5. The van der Waals surface area contributed by atoms with Gasteiger partial charge in [-0.15, -0.1) is 0 Å². The average molecular weight is 402 g/mol. The molecule has 3 aliphatic heterocycles. The van der Waals surface area contributed by atoms with Gasteiger partial charge in [0.15, 0.2) is 0 Å². The van der Waals surface area contributed by atoms with Crippen molar-refractivity contribution < 1.29 is 19.1 Å². The molecule has 4 rings (SSSR count). The molecule has 0 spiro atoms. The van der Waals surface area contributed by atoms with E-state index in [-0.39, 0.29) is 17.7 Å². The first-order valence-corrected chi connectivity index (χ1v) is 10.8. The highest BCUT2D eigenvalue weighted by Gasteiger charge is 2.33. The van der Waals surface area contributed by atoms with E-state index < -0.39 is 0 Å². The zero-order valence-electron chi connectivity index (χ0n) is 17.1. The highest BCUT2D eigenvalue weighted by Crippen LogP contribution is 2.26. The Hall–Kier alpha value is -2.12. The van der Waals surface area contributed by atoms with E-state index in [9.17, 15) is 9.59 Å². The van der Waals surface area contributed by atoms with Gasteiger partial charge in [-0.25, -0.2) is 0 Å². The van der Waals surface area contributed by atoms with Gasteiger partial charge in [-0.05, 0) is 18.9 Å². The fourth-order valence-electron chi connectivity index (χ4n) is 4.41. The first kappa shape index (κ1) is 20.2. The molecule has 2 amide bonds. The van der Waals surface area contributed by atoms with Crippen molar-refractivity contribution in [2.45, 2.75) is 25.8 Å². The maximum Gasteiger partial charge on any atom is 0.227 e. The highest BCUT2D eigenvalue weighted by molar-refractivity contribution is 5.84. The second-order valence-corrected chi connectivity index (χ2v) is 8.10. The Morgan fingerprint density at radius 1 is 1.07 bits per heavy atom. The molecule has 158 valence electrons. The number of carbonyl (C=O) groups excluding carboxylic acids is 2. The van der Waals surface area contributed by atoms with Crippen molar-refractivity contribution in [3.05, 3.63) is 29.8 Å². The number of carbonyl (C=O) groups is 2. The number of nitrogens with zero attached hydrogens (tertiary/aromatic N) is 3. The normalized spacial score (nSPS) is 23.3. The molecule has 7 nitrogen and oxygen atoms in total. The average Bonchev–Trinajstić information content (AvgIpc) is 2.98. The molecule has 1 aromatic rings. The Bertz CT molecular complexity index is 720. The molecule has 29 heavy (non-hydrogen) atoms. The van der Waals surface area contributed by atoms with Crippen LogP contribution in [0.25, 0.3) is 0 Å². The number of hydrogen-bond donors (Lipinski definition) is 0. The number of para-hydroxylation sites is 1. The van der Waals surface area contributed by atoms with Gasteiger partial charge < -0.3 is 19.3 Å². The number of ether oxygens (including phenoxy) is 2. The van der Waals surface area contributed by atoms with E-state index in [4.69, 9.17) is 9.47 Å². The zero-order chi connectivity index (χ0) is 20.1. The molecule has 3 heterocycles. The summed E-state index contributed by atoms with van der Waals surface area (Å²) in [6.07, 6.45) is 2.06. The quantitative estimate of drug-likeness (QED) is 0.746. The van der Waals surface area contributed by atoms with E-state index in [0.29, 0.717) is 39.1 Å². The SMILES string of the molecule is O=C1CC[C@@H](C(=O)N2CCOc3ccccc3C2)CN1CCCN1CCOCC1.